The van der Waals surface area contributed by atoms with Crippen LogP contribution in [0.15, 0.2) is 0 Å². The summed E-state index contributed by atoms with van der Waals surface area (Å²) in [6.07, 6.45) is 0. The summed E-state index contributed by atoms with van der Waals surface area (Å²) in [4.78, 5) is 0. The largest absolute Gasteiger partial charge is 0.379 e. The van der Waals surface area contributed by atoms with Gasteiger partial charge in [0.2, 0.25) is 0 Å². The van der Waals surface area contributed by atoms with Gasteiger partial charge in [-0.25, -0.2) is 0 Å². The Labute approximate surface area is 70.0 Å². The Kier molecular flexibility index (Phi) is 9.28. The summed E-state index contributed by atoms with van der Waals surface area (Å²) in [5, 5.41) is 5.74. The van der Waals surface area contributed by atoms with E-state index >= 15 is 0 Å². The van der Waals surface area contributed by atoms with Gasteiger partial charge in [0.25, 0.3) is 22.6 Å². The lowest BCUT2D eigenvalue weighted by molar-refractivity contribution is 0.812. The van der Waals surface area contributed by atoms with Crippen LogP contribution in [-0.4, -0.2) is 34.4 Å². The minimum atomic E-state index is 0. The van der Waals surface area contributed by atoms with Crippen LogP contribution in [0.1, 0.15) is 0 Å². The maximum Gasteiger partial charge on any atom is 0.286 e. The summed E-state index contributed by atoms with van der Waals surface area (Å²) >= 11 is 0. The number of nitrogens with one attached hydrogen (secondary N) is 2. The van der Waals surface area contributed by atoms with Crippen LogP contribution in [0.5, 0.6) is 0 Å². The van der Waals surface area contributed by atoms with Crippen molar-refractivity contribution in [1.82, 2.24) is 15.0 Å². The predicted octanol–water partition coefficient (Wildman–Crippen LogP) is -1.44. The van der Waals surface area contributed by atoms with Crippen molar-refractivity contribution in [2.24, 2.45) is 0 Å². The van der Waals surface area contributed by atoms with Gasteiger partial charge in [0.15, 0.2) is 0 Å². The van der Waals surface area contributed by atoms with Gasteiger partial charge in [0.1, 0.15) is 0 Å². The number of hydrogen-bond acceptors (Lipinski definition) is 3. The average molecular weight is 164 g/mol. The van der Waals surface area contributed by atoms with Gasteiger partial charge in [0.05, 0.1) is 0 Å². The van der Waals surface area contributed by atoms with Gasteiger partial charge >= 0.3 is 0 Å². The van der Waals surface area contributed by atoms with E-state index in [-0.39, 0.29) is 24.8 Å². The van der Waals surface area contributed by atoms with Crippen LogP contribution in [0, 0.1) is 0 Å². The lowest BCUT2D eigenvalue weighted by atomic mass is 9.82. The number of halogens is 2. The molecule has 8 heteroatoms. The monoisotopic (exact) mass is 164 g/mol. The highest BCUT2D eigenvalue weighted by molar-refractivity contribution is 6.65. The quantitative estimate of drug-likeness (QED) is 0.429. The normalized spacial score (nSPS) is 17.0. The summed E-state index contributed by atoms with van der Waals surface area (Å²) < 4.78 is 1.89. The third-order valence-corrected chi connectivity index (χ3v) is 0.723. The van der Waals surface area contributed by atoms with Gasteiger partial charge in [-0.05, 0) is 7.05 Å². The molecule has 0 unspecified atom stereocenters. The van der Waals surface area contributed by atoms with Gasteiger partial charge in [0, 0.05) is 0 Å². The Morgan fingerprint density at radius 2 is 1.56 bits per heavy atom. The van der Waals surface area contributed by atoms with E-state index in [9.17, 15) is 0 Å². The van der Waals surface area contributed by atoms with Crippen molar-refractivity contribution in [3.63, 3.8) is 0 Å². The molecule has 0 aliphatic carbocycles. The number of rotatable bonds is 0. The van der Waals surface area contributed by atoms with Crippen LogP contribution in [0.2, 0.25) is 0 Å². The molecule has 3 radical (unpaired) electrons. The van der Waals surface area contributed by atoms with E-state index in [1.165, 1.54) is 0 Å². The molecule has 0 aromatic rings. The first-order valence-corrected chi connectivity index (χ1v) is 2.12. The molecular formula is CH7B3Cl2N3. The van der Waals surface area contributed by atoms with Crippen molar-refractivity contribution in [1.29, 1.82) is 0 Å². The van der Waals surface area contributed by atoms with Crippen molar-refractivity contribution in [2.45, 2.75) is 0 Å². The smallest absolute Gasteiger partial charge is 0.286 e. The molecule has 0 aromatic carbocycles. The fourth-order valence-electron chi connectivity index (χ4n) is 0.395. The standard InChI is InChI=1S/CH5B3N3.2ClH/c1-7-3-5-2-6-4-7;;/h5-6H,1H3;2*1H. The van der Waals surface area contributed by atoms with Gasteiger partial charge in [-0.15, -0.1) is 24.8 Å². The summed E-state index contributed by atoms with van der Waals surface area (Å²) in [7, 11) is 7.38. The molecule has 0 spiro atoms. The molecule has 49 valence electrons. The van der Waals surface area contributed by atoms with Crippen molar-refractivity contribution in [3.8, 4) is 0 Å². The zero-order valence-electron chi connectivity index (χ0n) is 5.00. The first-order chi connectivity index (χ1) is 3.39. The second-order valence-corrected chi connectivity index (χ2v) is 1.40. The minimum absolute atomic E-state index is 0. The maximum absolute atomic E-state index is 2.87. The second kappa shape index (κ2) is 6.77. The van der Waals surface area contributed by atoms with Gasteiger partial charge < -0.3 is 15.0 Å². The van der Waals surface area contributed by atoms with Crippen molar-refractivity contribution in [3.05, 3.63) is 0 Å². The summed E-state index contributed by atoms with van der Waals surface area (Å²) in [5.74, 6) is 0. The van der Waals surface area contributed by atoms with Crippen LogP contribution >= 0.6 is 24.8 Å². The van der Waals surface area contributed by atoms with Crippen LogP contribution < -0.4 is 10.3 Å². The van der Waals surface area contributed by atoms with E-state index in [2.05, 4.69) is 10.3 Å². The highest BCUT2D eigenvalue weighted by Gasteiger charge is 2.07. The molecule has 1 aliphatic heterocycles. The zero-order valence-corrected chi connectivity index (χ0v) is 6.63. The Morgan fingerprint density at radius 1 is 1.11 bits per heavy atom. The lowest BCUT2D eigenvalue weighted by Gasteiger charge is -2.19. The molecule has 1 saturated heterocycles. The molecule has 1 rings (SSSR count). The molecule has 1 heterocycles. The molecule has 0 atom stereocenters. The van der Waals surface area contributed by atoms with E-state index in [1.54, 1.807) is 7.55 Å². The Morgan fingerprint density at radius 3 is 1.78 bits per heavy atom. The summed E-state index contributed by atoms with van der Waals surface area (Å²) in [5.41, 5.74) is 0. The predicted molar refractivity (Wildman–Crippen MR) is 45.8 cm³/mol. The highest BCUT2D eigenvalue weighted by atomic mass is 35.5. The van der Waals surface area contributed by atoms with E-state index in [4.69, 9.17) is 0 Å². The molecule has 1 fully saturated rings. The van der Waals surface area contributed by atoms with E-state index < -0.39 is 0 Å². The molecule has 9 heavy (non-hydrogen) atoms. The van der Waals surface area contributed by atoms with Crippen LogP contribution in [0.3, 0.4) is 0 Å². The Bertz CT molecular complexity index is 59.0. The maximum atomic E-state index is 2.87. The van der Waals surface area contributed by atoms with E-state index in [1.807, 2.05) is 26.9 Å². The van der Waals surface area contributed by atoms with Crippen molar-refractivity contribution < 1.29 is 0 Å². The average Bonchev–Trinajstić information content (AvgIpc) is 1.69. The molecule has 0 aromatic heterocycles. The molecule has 3 nitrogen and oxygen atoms in total. The van der Waals surface area contributed by atoms with Gasteiger partial charge in [-0.2, -0.15) is 0 Å². The highest BCUT2D eigenvalue weighted by Crippen LogP contribution is 1.69. The summed E-state index contributed by atoms with van der Waals surface area (Å²) in [6, 6.07) is 0. The molecule has 0 bridgehead atoms. The topological polar surface area (TPSA) is 27.3 Å². The molecule has 2 N–H and O–H groups in total. The Hall–Kier alpha value is 0.655. The lowest BCUT2D eigenvalue weighted by Crippen LogP contribution is -2.56. The first kappa shape index (κ1) is 12.3. The molecule has 0 amide bonds. The van der Waals surface area contributed by atoms with Crippen LogP contribution in [0.4, 0.5) is 0 Å². The SMILES string of the molecule is CN1[B]N[B]N[B]1.Cl.Cl. The molecular weight excluding hydrogens is 157 g/mol. The summed E-state index contributed by atoms with van der Waals surface area (Å²) in [6.45, 7) is 0. The van der Waals surface area contributed by atoms with Crippen LogP contribution in [0.25, 0.3) is 0 Å². The third-order valence-electron chi connectivity index (χ3n) is 0.723. The minimum Gasteiger partial charge on any atom is -0.379 e. The van der Waals surface area contributed by atoms with Crippen LogP contribution in [-0.2, 0) is 0 Å². The van der Waals surface area contributed by atoms with Gasteiger partial charge in [-0.1, -0.05) is 0 Å². The van der Waals surface area contributed by atoms with Crippen molar-refractivity contribution in [2.75, 3.05) is 7.05 Å². The van der Waals surface area contributed by atoms with Crippen molar-refractivity contribution >= 4 is 47.5 Å². The molecule has 1 aliphatic rings. The first-order valence-electron chi connectivity index (χ1n) is 2.12. The van der Waals surface area contributed by atoms with Gasteiger partial charge in [-0.3, -0.25) is 0 Å². The second-order valence-electron chi connectivity index (χ2n) is 1.40. The third kappa shape index (κ3) is 5.12. The Balaban J connectivity index is 0. The zero-order chi connectivity index (χ0) is 5.11. The fraction of sp³-hybridized carbons (Fsp3) is 1.00. The molecule has 0 saturated carbocycles. The number of hydrogen-bond donors (Lipinski definition) is 2. The van der Waals surface area contributed by atoms with E-state index in [0.717, 1.165) is 0 Å². The fourth-order valence-corrected chi connectivity index (χ4v) is 0.395. The van der Waals surface area contributed by atoms with E-state index in [0.29, 0.717) is 0 Å². The number of nitrogens with zero attached hydrogens (tertiary/aromatic N) is 1.